The van der Waals surface area contributed by atoms with Crippen LogP contribution >= 0.6 is 0 Å². The minimum absolute atomic E-state index is 0.00777. The Kier molecular flexibility index (Phi) is 6.73. The zero-order valence-electron chi connectivity index (χ0n) is 22.1. The van der Waals surface area contributed by atoms with Crippen LogP contribution < -0.4 is 19.6 Å². The van der Waals surface area contributed by atoms with Crippen molar-refractivity contribution in [2.45, 2.75) is 65.1 Å². The highest BCUT2D eigenvalue weighted by Crippen LogP contribution is 2.48. The molecule has 7 heteroatoms. The third-order valence-corrected chi connectivity index (χ3v) is 6.71. The number of methoxy groups -OCH3 is 2. The van der Waals surface area contributed by atoms with Gasteiger partial charge in [0.05, 0.1) is 26.4 Å². The first-order valence-corrected chi connectivity index (χ1v) is 12.1. The van der Waals surface area contributed by atoms with Crippen LogP contribution in [-0.2, 0) is 6.42 Å². The summed E-state index contributed by atoms with van der Waals surface area (Å²) in [6.45, 7) is 10.1. The number of ether oxygens (including phenoxy) is 3. The van der Waals surface area contributed by atoms with Crippen LogP contribution in [0.5, 0.6) is 17.2 Å². The molecular formula is C28H37N3O4. The molecule has 2 aromatic rings. The molecule has 0 fully saturated rings. The van der Waals surface area contributed by atoms with Gasteiger partial charge < -0.3 is 19.1 Å². The summed E-state index contributed by atoms with van der Waals surface area (Å²) >= 11 is 0. The van der Waals surface area contributed by atoms with Crippen LogP contribution in [0.25, 0.3) is 5.57 Å². The number of hydrazine groups is 1. The van der Waals surface area contributed by atoms with Gasteiger partial charge in [-0.3, -0.25) is 0 Å². The molecule has 0 bridgehead atoms. The van der Waals surface area contributed by atoms with Gasteiger partial charge in [-0.1, -0.05) is 12.1 Å². The summed E-state index contributed by atoms with van der Waals surface area (Å²) in [5, 5.41) is 1.74. The number of nitrogens with zero attached hydrogens (tertiary/aromatic N) is 2. The van der Waals surface area contributed by atoms with E-state index in [1.807, 2.05) is 59.9 Å². The van der Waals surface area contributed by atoms with E-state index in [0.29, 0.717) is 5.75 Å². The maximum atomic E-state index is 13.7. The molecule has 4 rings (SSSR count). The second-order valence-corrected chi connectivity index (χ2v) is 10.4. The van der Waals surface area contributed by atoms with E-state index in [2.05, 4.69) is 23.6 Å². The summed E-state index contributed by atoms with van der Waals surface area (Å²) in [6.07, 6.45) is 1.56. The zero-order valence-corrected chi connectivity index (χ0v) is 22.1. The normalized spacial score (nSPS) is 17.3. The molecule has 1 atom stereocenters. The van der Waals surface area contributed by atoms with Crippen molar-refractivity contribution in [2.75, 3.05) is 21.3 Å². The number of rotatable bonds is 5. The van der Waals surface area contributed by atoms with Crippen LogP contribution in [0.4, 0.5) is 4.79 Å². The van der Waals surface area contributed by atoms with Gasteiger partial charge in [-0.25, -0.2) is 15.2 Å². The fourth-order valence-electron chi connectivity index (χ4n) is 4.60. The quantitative estimate of drug-likeness (QED) is 0.608. The predicted molar refractivity (Wildman–Crippen MR) is 138 cm³/mol. The van der Waals surface area contributed by atoms with Crippen molar-refractivity contribution >= 4 is 11.6 Å². The lowest BCUT2D eigenvalue weighted by molar-refractivity contribution is 0.122. The predicted octanol–water partition coefficient (Wildman–Crippen LogP) is 5.56. The number of urea groups is 1. The second-order valence-electron chi connectivity index (χ2n) is 10.4. The van der Waals surface area contributed by atoms with E-state index < -0.39 is 0 Å². The number of nitrogens with one attached hydrogen (secondary N) is 1. The Morgan fingerprint density at radius 1 is 1.09 bits per heavy atom. The van der Waals surface area contributed by atoms with Crippen molar-refractivity contribution < 1.29 is 19.0 Å². The first-order chi connectivity index (χ1) is 16.5. The van der Waals surface area contributed by atoms with E-state index in [4.69, 9.17) is 14.2 Å². The van der Waals surface area contributed by atoms with Gasteiger partial charge in [-0.15, -0.1) is 0 Å². The van der Waals surface area contributed by atoms with E-state index in [1.54, 1.807) is 24.1 Å². The van der Waals surface area contributed by atoms with Crippen molar-refractivity contribution in [3.8, 4) is 17.2 Å². The first-order valence-electron chi connectivity index (χ1n) is 12.1. The van der Waals surface area contributed by atoms with Gasteiger partial charge in [0.25, 0.3) is 0 Å². The number of hydrogen-bond donors (Lipinski definition) is 1. The summed E-state index contributed by atoms with van der Waals surface area (Å²) in [5.74, 6) is 2.21. The monoisotopic (exact) mass is 479 g/mol. The lowest BCUT2D eigenvalue weighted by Gasteiger charge is -2.36. The maximum absolute atomic E-state index is 13.7. The van der Waals surface area contributed by atoms with E-state index in [0.717, 1.165) is 46.7 Å². The van der Waals surface area contributed by atoms with E-state index in [1.165, 1.54) is 5.56 Å². The minimum Gasteiger partial charge on any atom is -0.497 e. The molecule has 0 saturated heterocycles. The van der Waals surface area contributed by atoms with Crippen LogP contribution in [0.1, 0.15) is 63.8 Å². The average molecular weight is 480 g/mol. The second kappa shape index (κ2) is 9.46. The minimum atomic E-state index is -0.314. The number of carbonyl (C=O) groups excluding carboxylic acids is 1. The van der Waals surface area contributed by atoms with Gasteiger partial charge in [-0.05, 0) is 88.4 Å². The number of allylic oxidation sites excluding steroid dienone is 1. The SMILES string of the molecule is COc1cccc(C2NN(C(=O)N(C)C(C)(C)C)C3=C2c2cc(OC(C)C)c(OC)cc2CC3)c1. The van der Waals surface area contributed by atoms with Gasteiger partial charge in [0.2, 0.25) is 0 Å². The molecule has 2 aromatic carbocycles. The summed E-state index contributed by atoms with van der Waals surface area (Å²) in [7, 11) is 5.18. The molecule has 1 aliphatic carbocycles. The summed E-state index contributed by atoms with van der Waals surface area (Å²) < 4.78 is 17.3. The van der Waals surface area contributed by atoms with Crippen molar-refractivity contribution in [2.24, 2.45) is 0 Å². The molecule has 1 heterocycles. The topological polar surface area (TPSA) is 63.3 Å². The van der Waals surface area contributed by atoms with Crippen molar-refractivity contribution in [3.05, 3.63) is 58.8 Å². The molecule has 1 aliphatic heterocycles. The molecule has 35 heavy (non-hydrogen) atoms. The number of amides is 2. The highest BCUT2D eigenvalue weighted by molar-refractivity contribution is 5.87. The average Bonchev–Trinajstić information content (AvgIpc) is 3.22. The Labute approximate surface area is 208 Å². The molecule has 188 valence electrons. The van der Waals surface area contributed by atoms with Crippen LogP contribution in [0.3, 0.4) is 0 Å². The third kappa shape index (κ3) is 4.69. The Morgan fingerprint density at radius 3 is 2.46 bits per heavy atom. The van der Waals surface area contributed by atoms with E-state index in [9.17, 15) is 4.79 Å². The lowest BCUT2D eigenvalue weighted by Crippen LogP contribution is -2.52. The van der Waals surface area contributed by atoms with E-state index >= 15 is 0 Å². The molecule has 1 unspecified atom stereocenters. The van der Waals surface area contributed by atoms with Gasteiger partial charge in [0, 0.05) is 23.9 Å². The van der Waals surface area contributed by atoms with Crippen LogP contribution in [0, 0.1) is 0 Å². The van der Waals surface area contributed by atoms with Crippen LogP contribution in [-0.4, -0.2) is 48.9 Å². The third-order valence-electron chi connectivity index (χ3n) is 6.71. The van der Waals surface area contributed by atoms with Gasteiger partial charge >= 0.3 is 6.03 Å². The fourth-order valence-corrected chi connectivity index (χ4v) is 4.60. The number of hydrogen-bond acceptors (Lipinski definition) is 5. The standard InChI is InChI=1S/C28H37N3O4/c1-17(2)35-24-16-21-18(15-23(24)34-8)12-13-22-25(21)26(19-10-9-11-20(14-19)33-7)29-31(22)27(32)30(6)28(3,4)5/h9-11,14-17,26,29H,12-13H2,1-8H3. The maximum Gasteiger partial charge on any atom is 0.339 e. The Morgan fingerprint density at radius 2 is 1.83 bits per heavy atom. The molecule has 2 aliphatic rings. The fraction of sp³-hybridized carbons (Fsp3) is 0.464. The van der Waals surface area contributed by atoms with Gasteiger partial charge in [0.15, 0.2) is 11.5 Å². The molecule has 0 spiro atoms. The Hall–Kier alpha value is -3.19. The zero-order chi connectivity index (χ0) is 25.5. The number of fused-ring (bicyclic) bond motifs is 2. The molecule has 0 saturated carbocycles. The largest absolute Gasteiger partial charge is 0.497 e. The molecule has 7 nitrogen and oxygen atoms in total. The number of carbonyl (C=O) groups is 1. The molecular weight excluding hydrogens is 442 g/mol. The molecule has 0 radical (unpaired) electrons. The number of aryl methyl sites for hydroxylation is 1. The Balaban J connectivity index is 1.88. The highest BCUT2D eigenvalue weighted by Gasteiger charge is 2.41. The first kappa shape index (κ1) is 24.9. The lowest BCUT2D eigenvalue weighted by atomic mass is 9.83. The number of benzene rings is 2. The van der Waals surface area contributed by atoms with Gasteiger partial charge in [-0.2, -0.15) is 0 Å². The van der Waals surface area contributed by atoms with Crippen LogP contribution in [0.15, 0.2) is 42.1 Å². The Bertz CT molecular complexity index is 1150. The summed E-state index contributed by atoms with van der Waals surface area (Å²) in [6, 6.07) is 11.8. The van der Waals surface area contributed by atoms with Crippen molar-refractivity contribution in [1.29, 1.82) is 0 Å². The van der Waals surface area contributed by atoms with Gasteiger partial charge in [0.1, 0.15) is 5.75 Å². The molecule has 1 N–H and O–H groups in total. The molecule has 2 amide bonds. The highest BCUT2D eigenvalue weighted by atomic mass is 16.5. The van der Waals surface area contributed by atoms with Crippen molar-refractivity contribution in [3.63, 3.8) is 0 Å². The van der Waals surface area contributed by atoms with Crippen molar-refractivity contribution in [1.82, 2.24) is 15.3 Å². The van der Waals surface area contributed by atoms with E-state index in [-0.39, 0.29) is 23.7 Å². The summed E-state index contributed by atoms with van der Waals surface area (Å²) in [4.78, 5) is 15.4. The van der Waals surface area contributed by atoms with Crippen LogP contribution in [0.2, 0.25) is 0 Å². The smallest absolute Gasteiger partial charge is 0.339 e. The molecule has 0 aromatic heterocycles. The summed E-state index contributed by atoms with van der Waals surface area (Å²) in [5.41, 5.74) is 8.59.